The third kappa shape index (κ3) is 0.739. The summed E-state index contributed by atoms with van der Waals surface area (Å²) in [4.78, 5) is 7.84. The van der Waals surface area contributed by atoms with E-state index >= 15 is 0 Å². The molecule has 0 fully saturated rings. The topological polar surface area (TPSA) is 25.8 Å². The maximum absolute atomic E-state index is 7.39. The van der Waals surface area contributed by atoms with E-state index in [0.29, 0.717) is 5.52 Å². The molecule has 10 heavy (non-hydrogen) atoms. The van der Waals surface area contributed by atoms with Gasteiger partial charge in [-0.3, -0.25) is 9.97 Å². The van der Waals surface area contributed by atoms with Gasteiger partial charge in [0.25, 0.3) is 0 Å². The summed E-state index contributed by atoms with van der Waals surface area (Å²) >= 11 is 0. The summed E-state index contributed by atoms with van der Waals surface area (Å²) in [5.74, 6) is 0. The second-order valence-electron chi connectivity index (χ2n) is 2.00. The smallest absolute Gasteiger partial charge is 0.0885 e. The van der Waals surface area contributed by atoms with Gasteiger partial charge >= 0.3 is 0 Å². The third-order valence-corrected chi connectivity index (χ3v) is 1.34. The van der Waals surface area contributed by atoms with E-state index in [1.54, 1.807) is 12.4 Å². The minimum Gasteiger partial charge on any atom is -0.262 e. The molecule has 2 heterocycles. The van der Waals surface area contributed by atoms with Crippen LogP contribution in [-0.4, -0.2) is 9.97 Å². The van der Waals surface area contributed by atoms with Crippen molar-refractivity contribution in [1.29, 1.82) is 0 Å². The number of rotatable bonds is 0. The normalized spacial score (nSPS) is 11.4. The second-order valence-corrected chi connectivity index (χ2v) is 2.00. The van der Waals surface area contributed by atoms with E-state index in [-0.39, 0.29) is 6.17 Å². The summed E-state index contributed by atoms with van der Waals surface area (Å²) in [7, 11) is 0. The molecule has 0 spiro atoms. The van der Waals surface area contributed by atoms with Gasteiger partial charge in [-0.25, -0.2) is 0 Å². The number of aromatic nitrogens is 2. The van der Waals surface area contributed by atoms with Crippen LogP contribution < -0.4 is 0 Å². The van der Waals surface area contributed by atoms with Gasteiger partial charge < -0.3 is 0 Å². The van der Waals surface area contributed by atoms with Crippen molar-refractivity contribution in [3.63, 3.8) is 0 Å². The Morgan fingerprint density at radius 2 is 2.30 bits per heavy atom. The number of hydrogen-bond acceptors (Lipinski definition) is 2. The van der Waals surface area contributed by atoms with Gasteiger partial charge in [-0.2, -0.15) is 0 Å². The summed E-state index contributed by atoms with van der Waals surface area (Å²) in [5, 5.41) is 0.965. The molecule has 2 aromatic rings. The molecular weight excluding hydrogens is 124 g/mol. The molecule has 0 amide bonds. The monoisotopic (exact) mass is 131 g/mol. The Morgan fingerprint density at radius 3 is 3.20 bits per heavy atom. The van der Waals surface area contributed by atoms with E-state index in [4.69, 9.17) is 1.37 Å². The SMILES string of the molecule is [2H]c1nccc2cccnc12. The predicted molar refractivity (Wildman–Crippen MR) is 39.5 cm³/mol. The van der Waals surface area contributed by atoms with Crippen molar-refractivity contribution in [3.8, 4) is 0 Å². The number of hydrogen-bond donors (Lipinski definition) is 0. The van der Waals surface area contributed by atoms with Crippen LogP contribution in [0, 0.1) is 0 Å². The van der Waals surface area contributed by atoms with Gasteiger partial charge in [0.05, 0.1) is 13.1 Å². The van der Waals surface area contributed by atoms with Crippen molar-refractivity contribution in [2.45, 2.75) is 0 Å². The van der Waals surface area contributed by atoms with E-state index in [2.05, 4.69) is 9.97 Å². The lowest BCUT2D eigenvalue weighted by Crippen LogP contribution is -1.76. The van der Waals surface area contributed by atoms with Crippen molar-refractivity contribution < 1.29 is 1.37 Å². The summed E-state index contributed by atoms with van der Waals surface area (Å²) < 4.78 is 7.39. The highest BCUT2D eigenvalue weighted by Gasteiger charge is 1.87. The first-order valence-electron chi connectivity index (χ1n) is 3.54. The summed E-state index contributed by atoms with van der Waals surface area (Å²) in [5.41, 5.74) is 0.662. The Kier molecular flexibility index (Phi) is 0.905. The predicted octanol–water partition coefficient (Wildman–Crippen LogP) is 1.63. The van der Waals surface area contributed by atoms with Gasteiger partial charge in [0.1, 0.15) is 0 Å². The fourth-order valence-corrected chi connectivity index (χ4v) is 0.862. The molecule has 0 atom stereocenters. The van der Waals surface area contributed by atoms with Gasteiger partial charge in [0.15, 0.2) is 0 Å². The van der Waals surface area contributed by atoms with Gasteiger partial charge in [-0.15, -0.1) is 0 Å². The van der Waals surface area contributed by atoms with Crippen molar-refractivity contribution in [2.75, 3.05) is 0 Å². The quantitative estimate of drug-likeness (QED) is 0.543. The van der Waals surface area contributed by atoms with Crippen LogP contribution in [0.5, 0.6) is 0 Å². The summed E-state index contributed by atoms with van der Waals surface area (Å²) in [6, 6.07) is 5.62. The zero-order valence-corrected chi connectivity index (χ0v) is 5.28. The van der Waals surface area contributed by atoms with E-state index in [0.717, 1.165) is 5.39 Å². The minimum absolute atomic E-state index is 0.239. The maximum atomic E-state index is 7.39. The van der Waals surface area contributed by atoms with Crippen molar-refractivity contribution >= 4 is 10.9 Å². The van der Waals surface area contributed by atoms with Crippen LogP contribution in [-0.2, 0) is 0 Å². The Morgan fingerprint density at radius 1 is 1.30 bits per heavy atom. The molecule has 0 aliphatic carbocycles. The van der Waals surface area contributed by atoms with E-state index in [9.17, 15) is 0 Å². The summed E-state index contributed by atoms with van der Waals surface area (Å²) in [6.07, 6.45) is 3.53. The zero-order chi connectivity index (χ0) is 7.68. The van der Waals surface area contributed by atoms with E-state index < -0.39 is 0 Å². The molecule has 0 saturated heterocycles. The lowest BCUT2D eigenvalue weighted by molar-refractivity contribution is 1.31. The molecule has 0 aromatic carbocycles. The number of fused-ring (bicyclic) bond motifs is 1. The zero-order valence-electron chi connectivity index (χ0n) is 6.28. The molecule has 0 aliphatic rings. The van der Waals surface area contributed by atoms with Crippen molar-refractivity contribution in [1.82, 2.24) is 9.97 Å². The van der Waals surface area contributed by atoms with Gasteiger partial charge in [-0.05, 0) is 12.1 Å². The highest BCUT2D eigenvalue weighted by molar-refractivity contribution is 5.76. The first kappa shape index (κ1) is 4.39. The Hall–Kier alpha value is -1.44. The number of pyridine rings is 2. The third-order valence-electron chi connectivity index (χ3n) is 1.34. The van der Waals surface area contributed by atoms with Crippen molar-refractivity contribution in [2.24, 2.45) is 0 Å². The molecule has 0 aliphatic heterocycles. The van der Waals surface area contributed by atoms with Crippen LogP contribution in [0.1, 0.15) is 1.37 Å². The molecule has 0 unspecified atom stereocenters. The first-order valence-corrected chi connectivity index (χ1v) is 3.04. The molecule has 0 N–H and O–H groups in total. The molecule has 2 aromatic heterocycles. The Balaban J connectivity index is 2.91. The fourth-order valence-electron chi connectivity index (χ4n) is 0.862. The van der Waals surface area contributed by atoms with Gasteiger partial charge in [0.2, 0.25) is 0 Å². The number of nitrogens with zero attached hydrogens (tertiary/aromatic N) is 2. The van der Waals surface area contributed by atoms with Crippen LogP contribution >= 0.6 is 0 Å². The Bertz CT molecular complexity index is 381. The summed E-state index contributed by atoms with van der Waals surface area (Å²) in [6.45, 7) is 0. The molecule has 0 radical (unpaired) electrons. The standard InChI is InChI=1S/C8H6N2/c1-2-7-3-5-9-6-8(7)10-4-1/h1-6H/i6D. The molecule has 2 heteroatoms. The van der Waals surface area contributed by atoms with Gasteiger partial charge in [0, 0.05) is 17.8 Å². The highest BCUT2D eigenvalue weighted by atomic mass is 14.7. The van der Waals surface area contributed by atoms with Crippen LogP contribution in [0.25, 0.3) is 10.9 Å². The lowest BCUT2D eigenvalue weighted by Gasteiger charge is -1.90. The van der Waals surface area contributed by atoms with Crippen LogP contribution in [0.4, 0.5) is 0 Å². The van der Waals surface area contributed by atoms with Crippen LogP contribution in [0.2, 0.25) is 0 Å². The van der Waals surface area contributed by atoms with Crippen LogP contribution in [0.3, 0.4) is 0 Å². The van der Waals surface area contributed by atoms with Crippen molar-refractivity contribution in [3.05, 3.63) is 36.8 Å². The minimum atomic E-state index is 0.239. The lowest BCUT2D eigenvalue weighted by atomic mass is 10.3. The fraction of sp³-hybridized carbons (Fsp3) is 0. The van der Waals surface area contributed by atoms with Crippen LogP contribution in [0.15, 0.2) is 36.8 Å². The Labute approximate surface area is 60.0 Å². The molecule has 0 bridgehead atoms. The average molecular weight is 131 g/mol. The van der Waals surface area contributed by atoms with E-state index in [1.165, 1.54) is 0 Å². The second kappa shape index (κ2) is 2.06. The molecule has 2 rings (SSSR count). The first-order chi connectivity index (χ1) is 5.38. The molecule has 48 valence electrons. The van der Waals surface area contributed by atoms with Gasteiger partial charge in [-0.1, -0.05) is 6.07 Å². The average Bonchev–Trinajstić information content (AvgIpc) is 2.06. The largest absolute Gasteiger partial charge is 0.262 e. The molecule has 0 saturated carbocycles. The molecular formula is C8H6N2. The molecule has 2 nitrogen and oxygen atoms in total. The highest BCUT2D eigenvalue weighted by Crippen LogP contribution is 2.05. The maximum Gasteiger partial charge on any atom is 0.0885 e. The van der Waals surface area contributed by atoms with E-state index in [1.807, 2.05) is 18.2 Å².